The van der Waals surface area contributed by atoms with Crippen LogP contribution in [0.5, 0.6) is 5.75 Å². The Bertz CT molecular complexity index is 900. The van der Waals surface area contributed by atoms with Crippen molar-refractivity contribution in [2.24, 2.45) is 0 Å². The Morgan fingerprint density at radius 2 is 1.72 bits per heavy atom. The largest absolute Gasteiger partial charge is 0.495 e. The van der Waals surface area contributed by atoms with Gasteiger partial charge >= 0.3 is 7.60 Å². The van der Waals surface area contributed by atoms with Gasteiger partial charge in [-0.05, 0) is 38.1 Å². The van der Waals surface area contributed by atoms with E-state index in [1.807, 2.05) is 0 Å². The lowest BCUT2D eigenvalue weighted by Crippen LogP contribution is -2.16. The number of nitro groups is 1. The first kappa shape index (κ1) is 23.4. The van der Waals surface area contributed by atoms with Gasteiger partial charge in [0, 0.05) is 28.4 Å². The van der Waals surface area contributed by atoms with E-state index in [1.165, 1.54) is 37.4 Å². The molecule has 0 amide bonds. The molecule has 11 heteroatoms. The van der Waals surface area contributed by atoms with Gasteiger partial charge in [0.2, 0.25) is 0 Å². The van der Waals surface area contributed by atoms with Crippen LogP contribution in [0.3, 0.4) is 0 Å². The molecule has 0 fully saturated rings. The van der Waals surface area contributed by atoms with Crippen LogP contribution in [0.15, 0.2) is 36.4 Å². The number of benzene rings is 2. The minimum atomic E-state index is -3.77. The van der Waals surface area contributed by atoms with Gasteiger partial charge in [-0.15, -0.1) is 0 Å². The Hall–Kier alpha value is -1.83. The van der Waals surface area contributed by atoms with Crippen molar-refractivity contribution in [2.45, 2.75) is 19.6 Å². The van der Waals surface area contributed by atoms with Crippen LogP contribution < -0.4 is 10.1 Å². The second-order valence-corrected chi connectivity index (χ2v) is 8.69. The molecule has 0 spiro atoms. The molecule has 0 aliphatic carbocycles. The molecule has 29 heavy (non-hydrogen) atoms. The maximum Gasteiger partial charge on any atom is 0.357 e. The van der Waals surface area contributed by atoms with Crippen molar-refractivity contribution in [3.05, 3.63) is 62.1 Å². The number of nitrogens with zero attached hydrogens (tertiary/aromatic N) is 1. The Morgan fingerprint density at radius 3 is 2.21 bits per heavy atom. The molecule has 0 aliphatic heterocycles. The van der Waals surface area contributed by atoms with Crippen LogP contribution in [0.4, 0.5) is 11.4 Å². The molecule has 1 N–H and O–H groups in total. The van der Waals surface area contributed by atoms with Gasteiger partial charge < -0.3 is 19.1 Å². The predicted molar refractivity (Wildman–Crippen MR) is 113 cm³/mol. The maximum absolute atomic E-state index is 13.6. The fraction of sp³-hybridized carbons (Fsp3) is 0.333. The van der Waals surface area contributed by atoms with E-state index < -0.39 is 18.3 Å². The third-order valence-corrected chi connectivity index (χ3v) is 6.63. The molecule has 0 saturated carbocycles. The lowest BCUT2D eigenvalue weighted by Gasteiger charge is -2.29. The highest BCUT2D eigenvalue weighted by Gasteiger charge is 2.39. The van der Waals surface area contributed by atoms with Gasteiger partial charge in [-0.2, -0.15) is 0 Å². The Balaban J connectivity index is 2.60. The minimum absolute atomic E-state index is 0.0757. The quantitative estimate of drug-likeness (QED) is 0.251. The molecular formula is C18H21Cl2N2O6P. The molecule has 0 heterocycles. The standard InChI is InChI=1S/C18H21Cl2N2O6P/c1-4-27-29(25,28-5-2)18(15-10-12(19)11-16(20)17(15)26-3)21-13-6-8-14(9-7-13)22(23)24/h6-11,18,21H,4-5H2,1-3H3/t18-/m0/s1. The van der Waals surface area contributed by atoms with E-state index in [2.05, 4.69) is 5.32 Å². The summed E-state index contributed by atoms with van der Waals surface area (Å²) in [6, 6.07) is 8.69. The number of anilines is 1. The van der Waals surface area contributed by atoms with Crippen molar-refractivity contribution < 1.29 is 23.3 Å². The molecule has 2 rings (SSSR count). The van der Waals surface area contributed by atoms with Crippen LogP contribution >= 0.6 is 30.8 Å². The molecule has 0 aromatic heterocycles. The number of rotatable bonds is 10. The van der Waals surface area contributed by atoms with Crippen molar-refractivity contribution in [3.63, 3.8) is 0 Å². The first-order valence-electron chi connectivity index (χ1n) is 8.68. The fourth-order valence-corrected chi connectivity index (χ4v) is 5.23. The van der Waals surface area contributed by atoms with Gasteiger partial charge in [-0.25, -0.2) is 0 Å². The number of non-ortho nitro benzene ring substituents is 1. The van der Waals surface area contributed by atoms with E-state index in [0.29, 0.717) is 16.3 Å². The van der Waals surface area contributed by atoms with E-state index in [4.69, 9.17) is 37.0 Å². The van der Waals surface area contributed by atoms with Gasteiger partial charge in [-0.3, -0.25) is 14.7 Å². The molecule has 0 aliphatic rings. The Kier molecular flexibility index (Phi) is 8.31. The van der Waals surface area contributed by atoms with Crippen LogP contribution in [-0.2, 0) is 13.6 Å². The highest BCUT2D eigenvalue weighted by Crippen LogP contribution is 2.62. The van der Waals surface area contributed by atoms with Crippen molar-refractivity contribution in [3.8, 4) is 5.75 Å². The summed E-state index contributed by atoms with van der Waals surface area (Å²) in [6.07, 6.45) is 0. The molecule has 0 bridgehead atoms. The molecule has 0 saturated heterocycles. The van der Waals surface area contributed by atoms with Crippen LogP contribution in [0.25, 0.3) is 0 Å². The Morgan fingerprint density at radius 1 is 1.14 bits per heavy atom. The Labute approximate surface area is 178 Å². The summed E-state index contributed by atoms with van der Waals surface area (Å²) in [5, 5.41) is 14.5. The third-order valence-electron chi connectivity index (χ3n) is 3.85. The van der Waals surface area contributed by atoms with E-state index in [0.717, 1.165) is 0 Å². The van der Waals surface area contributed by atoms with Gasteiger partial charge in [0.25, 0.3) is 5.69 Å². The number of methoxy groups -OCH3 is 1. The van der Waals surface area contributed by atoms with Gasteiger partial charge in [0.05, 0.1) is 30.3 Å². The molecule has 2 aromatic rings. The number of nitro benzene ring substituents is 1. The average Bonchev–Trinajstić information content (AvgIpc) is 2.66. The molecular weight excluding hydrogens is 442 g/mol. The monoisotopic (exact) mass is 462 g/mol. The summed E-state index contributed by atoms with van der Waals surface area (Å²) in [5.74, 6) is -0.773. The molecule has 0 radical (unpaired) electrons. The second-order valence-electron chi connectivity index (χ2n) is 5.74. The van der Waals surface area contributed by atoms with E-state index in [1.54, 1.807) is 19.9 Å². The van der Waals surface area contributed by atoms with Crippen LogP contribution in [0.2, 0.25) is 10.0 Å². The summed E-state index contributed by atoms with van der Waals surface area (Å²) in [7, 11) is -2.35. The second kappa shape index (κ2) is 10.3. The summed E-state index contributed by atoms with van der Waals surface area (Å²) >= 11 is 12.4. The highest BCUT2D eigenvalue weighted by atomic mass is 35.5. The maximum atomic E-state index is 13.6. The summed E-state index contributed by atoms with van der Waals surface area (Å²) in [5.41, 5.74) is 0.750. The van der Waals surface area contributed by atoms with E-state index in [-0.39, 0.29) is 29.7 Å². The summed E-state index contributed by atoms with van der Waals surface area (Å²) < 4.78 is 30.1. The van der Waals surface area contributed by atoms with Crippen molar-refractivity contribution >= 4 is 42.2 Å². The number of ether oxygens (including phenoxy) is 1. The number of hydrogen-bond acceptors (Lipinski definition) is 7. The van der Waals surface area contributed by atoms with E-state index in [9.17, 15) is 14.7 Å². The van der Waals surface area contributed by atoms with Crippen LogP contribution in [0, 0.1) is 10.1 Å². The summed E-state index contributed by atoms with van der Waals surface area (Å²) in [6.45, 7) is 3.65. The van der Waals surface area contributed by atoms with Crippen molar-refractivity contribution in [2.75, 3.05) is 25.6 Å². The van der Waals surface area contributed by atoms with Crippen LogP contribution in [-0.4, -0.2) is 25.2 Å². The topological polar surface area (TPSA) is 99.9 Å². The lowest BCUT2D eigenvalue weighted by atomic mass is 10.2. The van der Waals surface area contributed by atoms with Crippen molar-refractivity contribution in [1.29, 1.82) is 0 Å². The molecule has 2 aromatic carbocycles. The normalized spacial score (nSPS) is 12.4. The summed E-state index contributed by atoms with van der Waals surface area (Å²) in [4.78, 5) is 10.4. The van der Waals surface area contributed by atoms with Gasteiger partial charge in [0.1, 0.15) is 5.75 Å². The number of halogens is 2. The fourth-order valence-electron chi connectivity index (χ4n) is 2.71. The third kappa shape index (κ3) is 5.62. The molecule has 1 atom stereocenters. The molecule has 8 nitrogen and oxygen atoms in total. The number of hydrogen-bond donors (Lipinski definition) is 1. The first-order chi connectivity index (χ1) is 13.8. The number of nitrogens with one attached hydrogen (secondary N) is 1. The molecule has 158 valence electrons. The molecule has 0 unspecified atom stereocenters. The van der Waals surface area contributed by atoms with Gasteiger partial charge in [0.15, 0.2) is 5.78 Å². The SMILES string of the molecule is CCOP(=O)(OCC)[C@H](Nc1ccc([N+](=O)[O-])cc1)c1cc(Cl)cc(Cl)c1OC. The zero-order chi connectivity index (χ0) is 21.6. The van der Waals surface area contributed by atoms with E-state index >= 15 is 0 Å². The zero-order valence-corrected chi connectivity index (χ0v) is 18.5. The zero-order valence-electron chi connectivity index (χ0n) is 16.1. The average molecular weight is 463 g/mol. The smallest absolute Gasteiger partial charge is 0.357 e. The predicted octanol–water partition coefficient (Wildman–Crippen LogP) is 6.29. The van der Waals surface area contributed by atoms with Gasteiger partial charge in [-0.1, -0.05) is 23.2 Å². The van der Waals surface area contributed by atoms with Crippen LogP contribution in [0.1, 0.15) is 25.2 Å². The highest BCUT2D eigenvalue weighted by molar-refractivity contribution is 7.54. The lowest BCUT2D eigenvalue weighted by molar-refractivity contribution is -0.384. The minimum Gasteiger partial charge on any atom is -0.495 e. The van der Waals surface area contributed by atoms with Crippen molar-refractivity contribution in [1.82, 2.24) is 0 Å². The first-order valence-corrected chi connectivity index (χ1v) is 11.0.